The number of benzene rings is 11. The molecule has 13 aromatic rings. The third kappa shape index (κ3) is 4.68. The average Bonchev–Trinajstić information content (AvgIpc) is 3.86. The fourth-order valence-electron chi connectivity index (χ4n) is 9.80. The summed E-state index contributed by atoms with van der Waals surface area (Å²) in [5.74, 6) is 0. The van der Waals surface area contributed by atoms with E-state index in [1.165, 1.54) is 128 Å². The van der Waals surface area contributed by atoms with Crippen LogP contribution in [0.5, 0.6) is 0 Å². The second-order valence-electron chi connectivity index (χ2n) is 15.5. The monoisotopic (exact) mass is 768 g/mol. The predicted molar refractivity (Wildman–Crippen MR) is 256 cm³/mol. The molecule has 2 aromatic heterocycles. The number of hydrogen-bond acceptors (Lipinski definition) is 2. The number of thiophene rings is 2. The zero-order chi connectivity index (χ0) is 37.9. The van der Waals surface area contributed by atoms with Gasteiger partial charge in [0, 0.05) is 40.3 Å². The Morgan fingerprint density at radius 2 is 0.759 bits per heavy atom. The van der Waals surface area contributed by atoms with Crippen LogP contribution in [0.3, 0.4) is 0 Å². The van der Waals surface area contributed by atoms with Gasteiger partial charge in [-0.3, -0.25) is 0 Å². The zero-order valence-corrected chi connectivity index (χ0v) is 32.9. The van der Waals surface area contributed by atoms with Crippen LogP contribution in [0.25, 0.3) is 128 Å². The second-order valence-corrected chi connectivity index (χ2v) is 17.7. The molecule has 0 bridgehead atoms. The lowest BCUT2D eigenvalue weighted by molar-refractivity contribution is 1.67. The molecule has 0 aliphatic carbocycles. The van der Waals surface area contributed by atoms with Gasteiger partial charge in [-0.05, 0) is 124 Å². The van der Waals surface area contributed by atoms with Crippen LogP contribution in [0.1, 0.15) is 0 Å². The van der Waals surface area contributed by atoms with Gasteiger partial charge < -0.3 is 0 Å². The summed E-state index contributed by atoms with van der Waals surface area (Å²) in [6.07, 6.45) is 0. The molecule has 13 rings (SSSR count). The molecule has 0 spiro atoms. The van der Waals surface area contributed by atoms with Crippen molar-refractivity contribution < 1.29 is 0 Å². The molecule has 0 atom stereocenters. The maximum absolute atomic E-state index is 2.45. The predicted octanol–water partition coefficient (Wildman–Crippen LogP) is 17.2. The first kappa shape index (κ1) is 32.3. The maximum Gasteiger partial charge on any atom is 0.0448 e. The normalized spacial score (nSPS) is 12.1. The Bertz CT molecular complexity index is 3800. The molecule has 0 amide bonds. The van der Waals surface area contributed by atoms with Crippen molar-refractivity contribution in [2.45, 2.75) is 0 Å². The topological polar surface area (TPSA) is 0 Å². The molecule has 268 valence electrons. The van der Waals surface area contributed by atoms with Crippen LogP contribution < -0.4 is 0 Å². The van der Waals surface area contributed by atoms with Gasteiger partial charge in [-0.25, -0.2) is 0 Å². The molecule has 58 heavy (non-hydrogen) atoms. The minimum atomic E-state index is 1.24. The number of rotatable bonds is 3. The van der Waals surface area contributed by atoms with Crippen LogP contribution in [-0.4, -0.2) is 0 Å². The molecule has 2 heteroatoms. The highest BCUT2D eigenvalue weighted by Crippen LogP contribution is 2.49. The first-order valence-electron chi connectivity index (χ1n) is 19.9. The van der Waals surface area contributed by atoms with Gasteiger partial charge in [0.2, 0.25) is 0 Å². The van der Waals surface area contributed by atoms with Crippen molar-refractivity contribution in [1.29, 1.82) is 0 Å². The van der Waals surface area contributed by atoms with E-state index in [4.69, 9.17) is 0 Å². The molecule has 0 unspecified atom stereocenters. The summed E-state index contributed by atoms with van der Waals surface area (Å²) in [6, 6.07) is 72.5. The smallest absolute Gasteiger partial charge is 0.0448 e. The van der Waals surface area contributed by atoms with E-state index >= 15 is 0 Å². The lowest BCUT2D eigenvalue weighted by atomic mass is 9.85. The number of hydrogen-bond donors (Lipinski definition) is 0. The van der Waals surface area contributed by atoms with Gasteiger partial charge in [0.15, 0.2) is 0 Å². The molecule has 0 fully saturated rings. The Morgan fingerprint density at radius 1 is 0.259 bits per heavy atom. The molecular formula is C56H32S2. The van der Waals surface area contributed by atoms with E-state index in [0.29, 0.717) is 0 Å². The van der Waals surface area contributed by atoms with Gasteiger partial charge in [-0.15, -0.1) is 22.7 Å². The van der Waals surface area contributed by atoms with Gasteiger partial charge >= 0.3 is 0 Å². The molecule has 0 aliphatic rings. The molecule has 0 radical (unpaired) electrons. The standard InChI is InChI=1S/C56H32S2/c1-2-12-34-30-38(25-21-33(34)11-1)52-43-16-5-7-18-45(43)53(46-19-8-6-17-44(46)52)39-26-23-35-29-37(24-22-36(35)31-39)48-32-51-54(42-15-4-3-13-40(42)48)55-50(57-51)28-27-47-41-14-9-10-20-49(41)58-56(47)55/h1-32H. The van der Waals surface area contributed by atoms with Crippen LogP contribution in [0.2, 0.25) is 0 Å². The summed E-state index contributed by atoms with van der Waals surface area (Å²) in [5.41, 5.74) is 7.60. The minimum Gasteiger partial charge on any atom is -0.135 e. The van der Waals surface area contributed by atoms with E-state index in [1.54, 1.807) is 0 Å². The van der Waals surface area contributed by atoms with Crippen molar-refractivity contribution in [3.05, 3.63) is 194 Å². The van der Waals surface area contributed by atoms with Crippen molar-refractivity contribution >= 4 is 117 Å². The van der Waals surface area contributed by atoms with Gasteiger partial charge in [0.1, 0.15) is 0 Å². The van der Waals surface area contributed by atoms with E-state index in [-0.39, 0.29) is 0 Å². The molecule has 0 saturated carbocycles. The molecule has 2 heterocycles. The van der Waals surface area contributed by atoms with Crippen molar-refractivity contribution in [1.82, 2.24) is 0 Å². The van der Waals surface area contributed by atoms with Crippen LogP contribution >= 0.6 is 22.7 Å². The zero-order valence-electron chi connectivity index (χ0n) is 31.3. The molecule has 0 nitrogen and oxygen atoms in total. The van der Waals surface area contributed by atoms with Gasteiger partial charge in [0.05, 0.1) is 0 Å². The Labute approximate surface area is 342 Å². The van der Waals surface area contributed by atoms with Crippen molar-refractivity contribution in [2.24, 2.45) is 0 Å². The highest BCUT2D eigenvalue weighted by molar-refractivity contribution is 7.30. The first-order chi connectivity index (χ1) is 28.7. The molecular weight excluding hydrogens is 737 g/mol. The lowest BCUT2D eigenvalue weighted by Gasteiger charge is -2.18. The molecule has 0 N–H and O–H groups in total. The van der Waals surface area contributed by atoms with Gasteiger partial charge in [-0.2, -0.15) is 0 Å². The van der Waals surface area contributed by atoms with Crippen molar-refractivity contribution in [3.8, 4) is 33.4 Å². The fourth-order valence-corrected chi connectivity index (χ4v) is 12.3. The molecule has 11 aromatic carbocycles. The summed E-state index contributed by atoms with van der Waals surface area (Å²) in [6.45, 7) is 0. The SMILES string of the molecule is c1ccc2cc(-c3c4ccccc4c(-c4ccc5cc(-c6cc7sc8ccc9c%10ccccc%10sc9c8c7c7ccccc67)ccc5c4)c4ccccc34)ccc2c1. The fraction of sp³-hybridized carbons (Fsp3) is 0. The van der Waals surface area contributed by atoms with Gasteiger partial charge in [0.25, 0.3) is 0 Å². The molecule has 0 aliphatic heterocycles. The Kier molecular flexibility index (Phi) is 6.86. The molecule has 0 saturated heterocycles. The van der Waals surface area contributed by atoms with Crippen LogP contribution in [0.15, 0.2) is 194 Å². The Hall–Kier alpha value is -6.84. The Morgan fingerprint density at radius 3 is 1.43 bits per heavy atom. The summed E-state index contributed by atoms with van der Waals surface area (Å²) in [7, 11) is 0. The maximum atomic E-state index is 2.45. The largest absolute Gasteiger partial charge is 0.135 e. The van der Waals surface area contributed by atoms with Crippen molar-refractivity contribution in [3.63, 3.8) is 0 Å². The van der Waals surface area contributed by atoms with E-state index in [1.807, 2.05) is 22.7 Å². The second kappa shape index (κ2) is 12.3. The summed E-state index contributed by atoms with van der Waals surface area (Å²) >= 11 is 3.85. The van der Waals surface area contributed by atoms with Crippen LogP contribution in [0, 0.1) is 0 Å². The summed E-state index contributed by atoms with van der Waals surface area (Å²) in [4.78, 5) is 0. The van der Waals surface area contributed by atoms with E-state index in [2.05, 4.69) is 194 Å². The van der Waals surface area contributed by atoms with Crippen molar-refractivity contribution in [2.75, 3.05) is 0 Å². The van der Waals surface area contributed by atoms with E-state index in [9.17, 15) is 0 Å². The number of fused-ring (bicyclic) bond motifs is 13. The van der Waals surface area contributed by atoms with Gasteiger partial charge in [-0.1, -0.05) is 158 Å². The highest BCUT2D eigenvalue weighted by Gasteiger charge is 2.20. The third-order valence-corrected chi connectivity index (χ3v) is 14.7. The minimum absolute atomic E-state index is 1.24. The quantitative estimate of drug-likeness (QED) is 0.157. The van der Waals surface area contributed by atoms with Crippen LogP contribution in [0.4, 0.5) is 0 Å². The van der Waals surface area contributed by atoms with Crippen LogP contribution in [-0.2, 0) is 0 Å². The highest BCUT2D eigenvalue weighted by atomic mass is 32.1. The average molecular weight is 769 g/mol. The Balaban J connectivity index is 0.981. The van der Waals surface area contributed by atoms with E-state index in [0.717, 1.165) is 0 Å². The summed E-state index contributed by atoms with van der Waals surface area (Å²) in [5, 5.41) is 18.2. The van der Waals surface area contributed by atoms with E-state index < -0.39 is 0 Å². The third-order valence-electron chi connectivity index (χ3n) is 12.4. The summed E-state index contributed by atoms with van der Waals surface area (Å²) < 4.78 is 5.44. The lowest BCUT2D eigenvalue weighted by Crippen LogP contribution is -1.91. The first-order valence-corrected chi connectivity index (χ1v) is 21.5.